The van der Waals surface area contributed by atoms with Crippen LogP contribution in [0.1, 0.15) is 6.42 Å². The summed E-state index contributed by atoms with van der Waals surface area (Å²) in [4.78, 5) is 0. The summed E-state index contributed by atoms with van der Waals surface area (Å²) in [6.45, 7) is -0.407. The van der Waals surface area contributed by atoms with E-state index in [1.165, 1.54) is 0 Å². The minimum absolute atomic E-state index is 0.0162. The summed E-state index contributed by atoms with van der Waals surface area (Å²) < 4.78 is 4.71. The summed E-state index contributed by atoms with van der Waals surface area (Å²) in [6.07, 6.45) is -4.11. The van der Waals surface area contributed by atoms with E-state index < -0.39 is 31.2 Å². The van der Waals surface area contributed by atoms with E-state index in [2.05, 4.69) is 0 Å². The van der Waals surface area contributed by atoms with Crippen LogP contribution in [0.15, 0.2) is 0 Å². The molecule has 4 atom stereocenters. The molecule has 66 valence electrons. The lowest BCUT2D eigenvalue weighted by Gasteiger charge is -2.33. The summed E-state index contributed by atoms with van der Waals surface area (Å²) >= 11 is 0. The first-order valence-corrected chi connectivity index (χ1v) is 3.45. The van der Waals surface area contributed by atoms with E-state index in [1.807, 2.05) is 0 Å². The van der Waals surface area contributed by atoms with Gasteiger partial charge in [-0.3, -0.25) is 0 Å². The van der Waals surface area contributed by atoms with Crippen LogP contribution in [0.3, 0.4) is 0 Å². The van der Waals surface area contributed by atoms with E-state index in [-0.39, 0.29) is 6.42 Å². The molecule has 1 aliphatic heterocycles. The molecule has 4 N–H and O–H groups in total. The molecule has 11 heavy (non-hydrogen) atoms. The molecule has 0 aromatic heterocycles. The Morgan fingerprint density at radius 3 is 2.45 bits per heavy atom. The molecule has 1 aliphatic rings. The van der Waals surface area contributed by atoms with Crippen molar-refractivity contribution in [2.24, 2.45) is 0 Å². The molecule has 0 aromatic rings. The van der Waals surface area contributed by atoms with Crippen molar-refractivity contribution in [3.05, 3.63) is 0 Å². The third kappa shape index (κ3) is 1.88. The second-order valence-corrected chi connectivity index (χ2v) is 2.61. The van der Waals surface area contributed by atoms with E-state index in [4.69, 9.17) is 25.2 Å². The zero-order valence-electron chi connectivity index (χ0n) is 5.92. The molecular formula is C6H12O5. The fraction of sp³-hybridized carbons (Fsp3) is 1.00. The van der Waals surface area contributed by atoms with Gasteiger partial charge in [-0.25, -0.2) is 0 Å². The zero-order valence-corrected chi connectivity index (χ0v) is 5.92. The first kappa shape index (κ1) is 8.89. The molecule has 1 unspecified atom stereocenters. The van der Waals surface area contributed by atoms with Crippen LogP contribution in [0, 0.1) is 0 Å². The smallest absolute Gasteiger partial charge is 0.157 e. The molecule has 1 heterocycles. The first-order chi connectivity index (χ1) is 5.15. The second kappa shape index (κ2) is 3.46. The molecule has 0 aromatic carbocycles. The molecule has 5 nitrogen and oxygen atoms in total. The molecule has 1 rings (SSSR count). The number of aliphatic hydroxyl groups is 4. The predicted octanol–water partition coefficient (Wildman–Crippen LogP) is -2.19. The van der Waals surface area contributed by atoms with Gasteiger partial charge in [-0.1, -0.05) is 0 Å². The Kier molecular flexibility index (Phi) is 2.80. The fourth-order valence-corrected chi connectivity index (χ4v) is 1.08. The van der Waals surface area contributed by atoms with Gasteiger partial charge in [-0.2, -0.15) is 0 Å². The van der Waals surface area contributed by atoms with Crippen molar-refractivity contribution in [3.8, 4) is 0 Å². The quantitative estimate of drug-likeness (QED) is 0.353. The van der Waals surface area contributed by atoms with Gasteiger partial charge in [0.15, 0.2) is 6.29 Å². The van der Waals surface area contributed by atoms with Crippen LogP contribution in [-0.4, -0.2) is 51.6 Å². The summed E-state index contributed by atoms with van der Waals surface area (Å²) in [7, 11) is 0. The summed E-state index contributed by atoms with van der Waals surface area (Å²) in [5.41, 5.74) is 0. The molecule has 0 aliphatic carbocycles. The Labute approximate surface area is 63.8 Å². The number of aliphatic hydroxyl groups excluding tert-OH is 4. The molecule has 0 bridgehead atoms. The van der Waals surface area contributed by atoms with E-state index in [9.17, 15) is 0 Å². The van der Waals surface area contributed by atoms with E-state index in [1.54, 1.807) is 0 Å². The zero-order chi connectivity index (χ0) is 8.43. The predicted molar refractivity (Wildman–Crippen MR) is 34.6 cm³/mol. The molecule has 0 saturated carbocycles. The molecule has 0 spiro atoms. The average molecular weight is 164 g/mol. The van der Waals surface area contributed by atoms with Crippen molar-refractivity contribution < 1.29 is 25.2 Å². The maximum absolute atomic E-state index is 9.11. The fourth-order valence-electron chi connectivity index (χ4n) is 1.08. The van der Waals surface area contributed by atoms with E-state index in [0.717, 1.165) is 0 Å². The summed E-state index contributed by atoms with van der Waals surface area (Å²) in [6, 6.07) is 0. The highest BCUT2D eigenvalue weighted by Crippen LogP contribution is 2.18. The van der Waals surface area contributed by atoms with Crippen molar-refractivity contribution in [1.29, 1.82) is 0 Å². The Morgan fingerprint density at radius 2 is 1.91 bits per heavy atom. The normalized spacial score (nSPS) is 45.8. The van der Waals surface area contributed by atoms with Gasteiger partial charge in [0.25, 0.3) is 0 Å². The van der Waals surface area contributed by atoms with Gasteiger partial charge >= 0.3 is 0 Å². The van der Waals surface area contributed by atoms with Crippen molar-refractivity contribution in [2.45, 2.75) is 31.0 Å². The highest BCUT2D eigenvalue weighted by molar-refractivity contribution is 4.81. The van der Waals surface area contributed by atoms with Gasteiger partial charge in [0.2, 0.25) is 0 Å². The lowest BCUT2D eigenvalue weighted by atomic mass is 10.0. The van der Waals surface area contributed by atoms with Gasteiger partial charge in [-0.15, -0.1) is 0 Å². The second-order valence-electron chi connectivity index (χ2n) is 2.61. The van der Waals surface area contributed by atoms with Gasteiger partial charge in [0.1, 0.15) is 12.2 Å². The molecular weight excluding hydrogens is 152 g/mol. The summed E-state index contributed by atoms with van der Waals surface area (Å²) in [5, 5.41) is 35.6. The van der Waals surface area contributed by atoms with Crippen LogP contribution < -0.4 is 0 Å². The van der Waals surface area contributed by atoms with Crippen LogP contribution in [0.25, 0.3) is 0 Å². The number of rotatable bonds is 1. The van der Waals surface area contributed by atoms with Crippen molar-refractivity contribution in [2.75, 3.05) is 6.61 Å². The Hall–Kier alpha value is -0.200. The molecule has 5 heteroatoms. The average Bonchev–Trinajstić information content (AvgIpc) is 1.96. The van der Waals surface area contributed by atoms with Crippen LogP contribution in [0.2, 0.25) is 0 Å². The number of hydrogen-bond acceptors (Lipinski definition) is 5. The van der Waals surface area contributed by atoms with Crippen molar-refractivity contribution >= 4 is 0 Å². The Bertz CT molecular complexity index is 128. The van der Waals surface area contributed by atoms with Crippen LogP contribution >= 0.6 is 0 Å². The minimum Gasteiger partial charge on any atom is -0.394 e. The number of hydrogen-bond donors (Lipinski definition) is 4. The molecule has 0 amide bonds. The third-order valence-electron chi connectivity index (χ3n) is 1.73. The lowest BCUT2D eigenvalue weighted by molar-refractivity contribution is -0.239. The topological polar surface area (TPSA) is 90.2 Å². The standard InChI is InChI=1S/C6H12O5/c7-2-4-6(10)3(8)1-5(9)11-4/h3-10H,1-2H2/t3-,4?,5+,6+/m1/s1. The van der Waals surface area contributed by atoms with Gasteiger partial charge in [0, 0.05) is 6.42 Å². The highest BCUT2D eigenvalue weighted by Gasteiger charge is 2.35. The molecule has 1 saturated heterocycles. The lowest BCUT2D eigenvalue weighted by Crippen LogP contribution is -2.49. The maximum atomic E-state index is 9.11. The van der Waals surface area contributed by atoms with Gasteiger partial charge in [0.05, 0.1) is 12.7 Å². The molecule has 0 radical (unpaired) electrons. The van der Waals surface area contributed by atoms with Gasteiger partial charge < -0.3 is 25.2 Å². The maximum Gasteiger partial charge on any atom is 0.157 e. The summed E-state index contributed by atoms with van der Waals surface area (Å²) in [5.74, 6) is 0. The van der Waals surface area contributed by atoms with Crippen LogP contribution in [-0.2, 0) is 4.74 Å². The monoisotopic (exact) mass is 164 g/mol. The largest absolute Gasteiger partial charge is 0.394 e. The van der Waals surface area contributed by atoms with Crippen molar-refractivity contribution in [1.82, 2.24) is 0 Å². The van der Waals surface area contributed by atoms with Crippen LogP contribution in [0.4, 0.5) is 0 Å². The first-order valence-electron chi connectivity index (χ1n) is 3.45. The Balaban J connectivity index is 2.51. The van der Waals surface area contributed by atoms with E-state index >= 15 is 0 Å². The minimum atomic E-state index is -1.11. The van der Waals surface area contributed by atoms with E-state index in [0.29, 0.717) is 0 Å². The number of ether oxygens (including phenoxy) is 1. The van der Waals surface area contributed by atoms with Crippen molar-refractivity contribution in [3.63, 3.8) is 0 Å². The SMILES string of the molecule is OCC1O[C@H](O)C[C@@H](O)[C@@H]1O. The van der Waals surface area contributed by atoms with Gasteiger partial charge in [-0.05, 0) is 0 Å². The third-order valence-corrected chi connectivity index (χ3v) is 1.73. The highest BCUT2D eigenvalue weighted by atomic mass is 16.6. The Morgan fingerprint density at radius 1 is 1.27 bits per heavy atom. The molecule has 1 fully saturated rings. The van der Waals surface area contributed by atoms with Crippen LogP contribution in [0.5, 0.6) is 0 Å².